The third-order valence-electron chi connectivity index (χ3n) is 3.96. The van der Waals surface area contributed by atoms with Gasteiger partial charge in [0.25, 0.3) is 0 Å². The summed E-state index contributed by atoms with van der Waals surface area (Å²) >= 11 is 1.47. The van der Waals surface area contributed by atoms with Crippen molar-refractivity contribution in [3.05, 3.63) is 64.5 Å². The number of nitrogens with zero attached hydrogens (tertiary/aromatic N) is 1. The van der Waals surface area contributed by atoms with Crippen LogP contribution in [0.3, 0.4) is 0 Å². The molecule has 0 saturated heterocycles. The molecule has 6 heteroatoms. The average Bonchev–Trinajstić information content (AvgIpc) is 3.08. The highest BCUT2D eigenvalue weighted by atomic mass is 32.1. The number of carboxylic acids is 1. The Bertz CT molecular complexity index is 875. The van der Waals surface area contributed by atoms with Gasteiger partial charge in [0, 0.05) is 16.9 Å². The molecule has 0 spiro atoms. The molecule has 3 aromatic rings. The van der Waals surface area contributed by atoms with Gasteiger partial charge in [-0.15, -0.1) is 11.3 Å². The summed E-state index contributed by atoms with van der Waals surface area (Å²) in [6.07, 6.45) is 1.55. The minimum atomic E-state index is -0.842. The zero-order chi connectivity index (χ0) is 19.1. The summed E-state index contributed by atoms with van der Waals surface area (Å²) < 4.78 is 10.9. The molecule has 0 amide bonds. The standard InChI is InChI=1S/C21H21NO4S/c1-25-16-9-11-17(12-10-16)26-13-5-8-19-22-21(15-6-3-2-4-7-15)18(27-19)14-20(23)24/h2-4,6-7,9-12H,5,8,13-14H2,1H3,(H,23,24). The maximum atomic E-state index is 11.2. The Balaban J connectivity index is 1.61. The number of thiazole rings is 1. The van der Waals surface area contributed by atoms with E-state index in [9.17, 15) is 9.90 Å². The van der Waals surface area contributed by atoms with Gasteiger partial charge in [-0.3, -0.25) is 4.79 Å². The topological polar surface area (TPSA) is 68.7 Å². The molecule has 5 nitrogen and oxygen atoms in total. The van der Waals surface area contributed by atoms with E-state index < -0.39 is 5.97 Å². The molecule has 27 heavy (non-hydrogen) atoms. The van der Waals surface area contributed by atoms with E-state index in [-0.39, 0.29) is 6.42 Å². The number of aryl methyl sites for hydroxylation is 1. The first-order chi connectivity index (χ1) is 13.2. The van der Waals surface area contributed by atoms with Crippen molar-refractivity contribution in [1.29, 1.82) is 0 Å². The van der Waals surface area contributed by atoms with E-state index in [1.165, 1.54) is 11.3 Å². The highest BCUT2D eigenvalue weighted by molar-refractivity contribution is 7.12. The van der Waals surface area contributed by atoms with E-state index in [1.807, 2.05) is 54.6 Å². The number of benzene rings is 2. The summed E-state index contributed by atoms with van der Waals surface area (Å²) in [5.41, 5.74) is 1.72. The average molecular weight is 383 g/mol. The minimum Gasteiger partial charge on any atom is -0.497 e. The molecular formula is C21H21NO4S. The maximum Gasteiger partial charge on any atom is 0.308 e. The van der Waals surface area contributed by atoms with E-state index in [1.54, 1.807) is 7.11 Å². The van der Waals surface area contributed by atoms with E-state index in [0.717, 1.165) is 45.5 Å². The van der Waals surface area contributed by atoms with Gasteiger partial charge < -0.3 is 14.6 Å². The number of aromatic nitrogens is 1. The predicted molar refractivity (Wildman–Crippen MR) is 106 cm³/mol. The van der Waals surface area contributed by atoms with Crippen molar-refractivity contribution < 1.29 is 19.4 Å². The van der Waals surface area contributed by atoms with Gasteiger partial charge in [0.05, 0.1) is 30.8 Å². The maximum absolute atomic E-state index is 11.2. The van der Waals surface area contributed by atoms with Crippen LogP contribution in [0.15, 0.2) is 54.6 Å². The Morgan fingerprint density at radius 1 is 1.07 bits per heavy atom. The fourth-order valence-corrected chi connectivity index (χ4v) is 3.80. The molecule has 0 fully saturated rings. The number of rotatable bonds is 9. The molecule has 1 N–H and O–H groups in total. The van der Waals surface area contributed by atoms with E-state index in [2.05, 4.69) is 4.98 Å². The van der Waals surface area contributed by atoms with Crippen LogP contribution in [0, 0.1) is 0 Å². The van der Waals surface area contributed by atoms with Crippen molar-refractivity contribution in [2.45, 2.75) is 19.3 Å². The second-order valence-corrected chi connectivity index (χ2v) is 7.11. The van der Waals surface area contributed by atoms with Crippen LogP contribution < -0.4 is 9.47 Å². The fraction of sp³-hybridized carbons (Fsp3) is 0.238. The molecule has 1 heterocycles. The molecule has 0 radical (unpaired) electrons. The molecule has 0 atom stereocenters. The molecule has 0 saturated carbocycles. The highest BCUT2D eigenvalue weighted by Crippen LogP contribution is 2.29. The molecule has 2 aromatic carbocycles. The molecule has 0 aliphatic heterocycles. The van der Waals surface area contributed by atoms with Gasteiger partial charge in [0.2, 0.25) is 0 Å². The molecule has 140 valence electrons. The minimum absolute atomic E-state index is 0.00968. The van der Waals surface area contributed by atoms with Crippen LogP contribution in [0.4, 0.5) is 0 Å². The number of hydrogen-bond acceptors (Lipinski definition) is 5. The van der Waals surface area contributed by atoms with Crippen LogP contribution >= 0.6 is 11.3 Å². The quantitative estimate of drug-likeness (QED) is 0.553. The summed E-state index contributed by atoms with van der Waals surface area (Å²) in [5.74, 6) is 0.751. The van der Waals surface area contributed by atoms with E-state index in [0.29, 0.717) is 6.61 Å². The Kier molecular flexibility index (Phi) is 6.44. The Morgan fingerprint density at radius 3 is 2.44 bits per heavy atom. The summed E-state index contributed by atoms with van der Waals surface area (Å²) in [6, 6.07) is 17.2. The first-order valence-corrected chi connectivity index (χ1v) is 9.50. The second-order valence-electron chi connectivity index (χ2n) is 5.94. The van der Waals surface area contributed by atoms with Gasteiger partial charge in [-0.1, -0.05) is 30.3 Å². The smallest absolute Gasteiger partial charge is 0.308 e. The Hall–Kier alpha value is -2.86. The normalized spacial score (nSPS) is 10.6. The number of carboxylic acid groups (broad SMARTS) is 1. The Labute approximate surface area is 162 Å². The molecule has 0 aliphatic rings. The first kappa shape index (κ1) is 18.9. The van der Waals surface area contributed by atoms with Crippen molar-refractivity contribution >= 4 is 17.3 Å². The van der Waals surface area contributed by atoms with Gasteiger partial charge in [-0.25, -0.2) is 4.98 Å². The van der Waals surface area contributed by atoms with E-state index >= 15 is 0 Å². The third kappa shape index (κ3) is 5.31. The van der Waals surface area contributed by atoms with Crippen molar-refractivity contribution in [1.82, 2.24) is 4.98 Å². The van der Waals surface area contributed by atoms with Gasteiger partial charge >= 0.3 is 5.97 Å². The number of carbonyl (C=O) groups is 1. The predicted octanol–water partition coefficient (Wildman–Crippen LogP) is 4.46. The summed E-state index contributed by atoms with van der Waals surface area (Å²) in [4.78, 5) is 16.6. The lowest BCUT2D eigenvalue weighted by atomic mass is 10.1. The molecule has 3 rings (SSSR count). The van der Waals surface area contributed by atoms with Crippen LogP contribution in [0.25, 0.3) is 11.3 Å². The lowest BCUT2D eigenvalue weighted by molar-refractivity contribution is -0.136. The summed E-state index contributed by atoms with van der Waals surface area (Å²) in [6.45, 7) is 0.570. The lowest BCUT2D eigenvalue weighted by Crippen LogP contribution is -1.99. The fourth-order valence-electron chi connectivity index (χ4n) is 2.67. The van der Waals surface area contributed by atoms with Crippen LogP contribution in [0.5, 0.6) is 11.5 Å². The van der Waals surface area contributed by atoms with Gasteiger partial charge in [-0.05, 0) is 30.7 Å². The second kappa shape index (κ2) is 9.19. The SMILES string of the molecule is COc1ccc(OCCCc2nc(-c3ccccc3)c(CC(=O)O)s2)cc1. The summed E-state index contributed by atoms with van der Waals surface area (Å²) in [7, 11) is 1.63. The first-order valence-electron chi connectivity index (χ1n) is 8.68. The van der Waals surface area contributed by atoms with Crippen LogP contribution in [-0.2, 0) is 17.6 Å². The van der Waals surface area contributed by atoms with Gasteiger partial charge in [0.1, 0.15) is 11.5 Å². The largest absolute Gasteiger partial charge is 0.497 e. The van der Waals surface area contributed by atoms with Crippen LogP contribution in [0.1, 0.15) is 16.3 Å². The molecule has 0 bridgehead atoms. The van der Waals surface area contributed by atoms with Crippen LogP contribution in [0.2, 0.25) is 0 Å². The number of methoxy groups -OCH3 is 1. The molecule has 0 unspecified atom stereocenters. The molecule has 1 aromatic heterocycles. The van der Waals surface area contributed by atoms with Gasteiger partial charge in [0.15, 0.2) is 0 Å². The summed E-state index contributed by atoms with van der Waals surface area (Å²) in [5, 5.41) is 10.1. The van der Waals surface area contributed by atoms with E-state index in [4.69, 9.17) is 9.47 Å². The third-order valence-corrected chi connectivity index (χ3v) is 5.08. The highest BCUT2D eigenvalue weighted by Gasteiger charge is 2.15. The zero-order valence-corrected chi connectivity index (χ0v) is 15.9. The van der Waals surface area contributed by atoms with Crippen molar-refractivity contribution in [3.63, 3.8) is 0 Å². The molecule has 0 aliphatic carbocycles. The van der Waals surface area contributed by atoms with Crippen molar-refractivity contribution in [2.75, 3.05) is 13.7 Å². The van der Waals surface area contributed by atoms with Crippen molar-refractivity contribution in [3.8, 4) is 22.8 Å². The zero-order valence-electron chi connectivity index (χ0n) is 15.1. The van der Waals surface area contributed by atoms with Crippen LogP contribution in [-0.4, -0.2) is 29.8 Å². The van der Waals surface area contributed by atoms with Gasteiger partial charge in [-0.2, -0.15) is 0 Å². The number of aliphatic carboxylic acids is 1. The number of ether oxygens (including phenoxy) is 2. The molecular weight excluding hydrogens is 362 g/mol. The lowest BCUT2D eigenvalue weighted by Gasteiger charge is -2.06. The monoisotopic (exact) mass is 383 g/mol. The Morgan fingerprint density at radius 2 is 1.78 bits per heavy atom. The van der Waals surface area contributed by atoms with Crippen molar-refractivity contribution in [2.24, 2.45) is 0 Å². The number of hydrogen-bond donors (Lipinski definition) is 1.